The van der Waals surface area contributed by atoms with Crippen LogP contribution in [-0.4, -0.2) is 46.6 Å². The highest BCUT2D eigenvalue weighted by Crippen LogP contribution is 2.38. The summed E-state index contributed by atoms with van der Waals surface area (Å²) in [6.07, 6.45) is 11.5. The fourth-order valence-corrected chi connectivity index (χ4v) is 6.07. The second kappa shape index (κ2) is 8.16. The molecule has 1 saturated carbocycles. The van der Waals surface area contributed by atoms with Crippen LogP contribution in [0, 0.1) is 5.92 Å². The average molecular weight is 459 g/mol. The minimum absolute atomic E-state index is 0.137. The minimum Gasteiger partial charge on any atom is -0.378 e. The molecule has 29 heavy (non-hydrogen) atoms. The number of piperidine rings is 1. The molecule has 0 radical (unpaired) electrons. The van der Waals surface area contributed by atoms with Crippen molar-refractivity contribution in [2.24, 2.45) is 5.92 Å². The summed E-state index contributed by atoms with van der Waals surface area (Å²) in [5, 5.41) is 1.06. The summed E-state index contributed by atoms with van der Waals surface area (Å²) in [6.45, 7) is 4.75. The second-order valence-corrected chi connectivity index (χ2v) is 10.1. The molecule has 5 rings (SSSR count). The Morgan fingerprint density at radius 2 is 1.90 bits per heavy atom. The zero-order valence-corrected chi connectivity index (χ0v) is 18.9. The molecular weight excluding hydrogens is 428 g/mol. The van der Waals surface area contributed by atoms with Crippen molar-refractivity contribution >= 4 is 32.6 Å². The van der Waals surface area contributed by atoms with Crippen LogP contribution < -0.4 is 0 Å². The molecule has 2 bridgehead atoms. The van der Waals surface area contributed by atoms with Crippen LogP contribution in [0.3, 0.4) is 0 Å². The average Bonchev–Trinajstić information content (AvgIpc) is 3.40. The highest BCUT2D eigenvalue weighted by atomic mass is 79.9. The van der Waals surface area contributed by atoms with Gasteiger partial charge in [0.2, 0.25) is 0 Å². The van der Waals surface area contributed by atoms with E-state index < -0.39 is 0 Å². The lowest BCUT2D eigenvalue weighted by Crippen LogP contribution is -2.46. The van der Waals surface area contributed by atoms with E-state index in [0.29, 0.717) is 18.2 Å². The predicted molar refractivity (Wildman–Crippen MR) is 119 cm³/mol. The summed E-state index contributed by atoms with van der Waals surface area (Å²) in [5.41, 5.74) is 1.97. The Bertz CT molecular complexity index is 890. The molecule has 4 nitrogen and oxygen atoms in total. The van der Waals surface area contributed by atoms with Gasteiger partial charge in [-0.1, -0.05) is 12.1 Å². The van der Waals surface area contributed by atoms with E-state index >= 15 is 0 Å². The predicted octanol–water partition coefficient (Wildman–Crippen LogP) is 5.42. The molecule has 156 valence electrons. The number of ether oxygens (including phenoxy) is 1. The molecule has 3 atom stereocenters. The molecule has 1 aromatic heterocycles. The van der Waals surface area contributed by atoms with Crippen LogP contribution in [0.5, 0.6) is 0 Å². The molecule has 0 amide bonds. The van der Waals surface area contributed by atoms with Gasteiger partial charge in [-0.15, -0.1) is 0 Å². The van der Waals surface area contributed by atoms with Gasteiger partial charge >= 0.3 is 0 Å². The number of hydrogen-bond donors (Lipinski definition) is 0. The number of fused-ring (bicyclic) bond motifs is 3. The Balaban J connectivity index is 1.21. The van der Waals surface area contributed by atoms with Crippen molar-refractivity contribution in [1.29, 1.82) is 0 Å². The fourth-order valence-electron chi connectivity index (χ4n) is 5.48. The molecule has 0 unspecified atom stereocenters. The van der Waals surface area contributed by atoms with Gasteiger partial charge in [-0.05, 0) is 79.8 Å². The molecule has 2 aromatic rings. The van der Waals surface area contributed by atoms with Gasteiger partial charge in [0.15, 0.2) is 5.78 Å². The molecule has 1 aromatic carbocycles. The molecule has 2 saturated heterocycles. The standard InChI is InChI=1S/C24H31BrN2O2/c1-16(28)22-14-26(24-21(22)4-2-5-23(24)25)10-3-11-27-18-8-9-19(27)13-20(12-18)29-15-17-6-7-17/h2,4-5,14,17-20H,3,6-13,15H2,1H3/t18-,19+,20+. The quantitative estimate of drug-likeness (QED) is 0.495. The maximum atomic E-state index is 12.1. The van der Waals surface area contributed by atoms with Crippen molar-refractivity contribution in [3.63, 3.8) is 0 Å². The van der Waals surface area contributed by atoms with Gasteiger partial charge in [-0.25, -0.2) is 0 Å². The van der Waals surface area contributed by atoms with E-state index in [1.165, 1.54) is 38.5 Å². The minimum atomic E-state index is 0.137. The van der Waals surface area contributed by atoms with Gasteiger partial charge < -0.3 is 9.30 Å². The number of Topliss-reactive ketones (excluding diaryl/α,β-unsaturated/α-hetero) is 1. The maximum Gasteiger partial charge on any atom is 0.161 e. The van der Waals surface area contributed by atoms with Gasteiger partial charge in [0, 0.05) is 53.4 Å². The zero-order valence-electron chi connectivity index (χ0n) is 17.3. The first kappa shape index (κ1) is 19.8. The van der Waals surface area contributed by atoms with Gasteiger partial charge in [0.1, 0.15) is 0 Å². The first-order valence-electron chi connectivity index (χ1n) is 11.3. The molecule has 0 N–H and O–H groups in total. The van der Waals surface area contributed by atoms with Crippen molar-refractivity contribution in [3.05, 3.63) is 34.4 Å². The van der Waals surface area contributed by atoms with E-state index in [-0.39, 0.29) is 5.78 Å². The van der Waals surface area contributed by atoms with Crippen LogP contribution >= 0.6 is 15.9 Å². The Morgan fingerprint density at radius 1 is 1.14 bits per heavy atom. The third-order valence-electron chi connectivity index (χ3n) is 7.15. The first-order valence-corrected chi connectivity index (χ1v) is 12.0. The van der Waals surface area contributed by atoms with Crippen LogP contribution in [0.25, 0.3) is 10.9 Å². The van der Waals surface area contributed by atoms with E-state index in [0.717, 1.165) is 53.0 Å². The van der Waals surface area contributed by atoms with Crippen molar-refractivity contribution in [3.8, 4) is 0 Å². The van der Waals surface area contributed by atoms with Crippen molar-refractivity contribution < 1.29 is 9.53 Å². The number of carbonyl (C=O) groups excluding carboxylic acids is 1. The van der Waals surface area contributed by atoms with E-state index in [9.17, 15) is 4.79 Å². The molecule has 3 fully saturated rings. The summed E-state index contributed by atoms with van der Waals surface area (Å²) in [5.74, 6) is 0.999. The fraction of sp³-hybridized carbons (Fsp3) is 0.625. The Morgan fingerprint density at radius 3 is 2.59 bits per heavy atom. The van der Waals surface area contributed by atoms with Crippen LogP contribution in [0.2, 0.25) is 0 Å². The van der Waals surface area contributed by atoms with Crippen molar-refractivity contribution in [1.82, 2.24) is 9.47 Å². The number of benzene rings is 1. The number of para-hydroxylation sites is 1. The Kier molecular flexibility index (Phi) is 5.57. The van der Waals surface area contributed by atoms with E-state index in [4.69, 9.17) is 4.74 Å². The third-order valence-corrected chi connectivity index (χ3v) is 7.79. The number of nitrogens with zero attached hydrogens (tertiary/aromatic N) is 2. The summed E-state index contributed by atoms with van der Waals surface area (Å²) in [4.78, 5) is 14.8. The number of halogens is 1. The molecule has 3 heterocycles. The van der Waals surface area contributed by atoms with Gasteiger partial charge in [0.25, 0.3) is 0 Å². The normalized spacial score (nSPS) is 27.0. The smallest absolute Gasteiger partial charge is 0.161 e. The highest BCUT2D eigenvalue weighted by Gasteiger charge is 2.41. The van der Waals surface area contributed by atoms with Gasteiger partial charge in [-0.3, -0.25) is 9.69 Å². The van der Waals surface area contributed by atoms with Gasteiger partial charge in [-0.2, -0.15) is 0 Å². The molecular formula is C24H31BrN2O2. The van der Waals surface area contributed by atoms with E-state index in [1.807, 2.05) is 12.3 Å². The SMILES string of the molecule is CC(=O)c1cn(CCCN2[C@@H]3CC[C@H]2C[C@@H](OCC2CC2)C3)c2c(Br)cccc12. The van der Waals surface area contributed by atoms with Crippen molar-refractivity contribution in [2.45, 2.75) is 76.6 Å². The number of ketones is 1. The maximum absolute atomic E-state index is 12.1. The van der Waals surface area contributed by atoms with E-state index in [2.05, 4.69) is 37.5 Å². The van der Waals surface area contributed by atoms with Crippen LogP contribution in [0.4, 0.5) is 0 Å². The van der Waals surface area contributed by atoms with Crippen molar-refractivity contribution in [2.75, 3.05) is 13.2 Å². The molecule has 5 heteroatoms. The number of aromatic nitrogens is 1. The molecule has 0 spiro atoms. The number of carbonyl (C=O) groups is 1. The second-order valence-electron chi connectivity index (χ2n) is 9.27. The Hall–Kier alpha value is -1.17. The molecule has 3 aliphatic rings. The third kappa shape index (κ3) is 4.06. The molecule has 1 aliphatic carbocycles. The monoisotopic (exact) mass is 458 g/mol. The number of rotatable bonds is 8. The molecule has 2 aliphatic heterocycles. The van der Waals surface area contributed by atoms with Crippen LogP contribution in [0.15, 0.2) is 28.9 Å². The topological polar surface area (TPSA) is 34.5 Å². The summed E-state index contributed by atoms with van der Waals surface area (Å²) in [7, 11) is 0. The van der Waals surface area contributed by atoms with Crippen LogP contribution in [0.1, 0.15) is 62.2 Å². The highest BCUT2D eigenvalue weighted by molar-refractivity contribution is 9.10. The summed E-state index contributed by atoms with van der Waals surface area (Å²) < 4.78 is 9.56. The zero-order chi connectivity index (χ0) is 20.0. The first-order chi connectivity index (χ1) is 14.1. The van der Waals surface area contributed by atoms with Crippen LogP contribution in [-0.2, 0) is 11.3 Å². The largest absolute Gasteiger partial charge is 0.378 e. The summed E-state index contributed by atoms with van der Waals surface area (Å²) >= 11 is 3.69. The Labute approximate surface area is 181 Å². The number of aryl methyl sites for hydroxylation is 1. The number of hydrogen-bond acceptors (Lipinski definition) is 3. The lowest BCUT2D eigenvalue weighted by atomic mass is 9.99. The summed E-state index contributed by atoms with van der Waals surface area (Å²) in [6, 6.07) is 7.55. The van der Waals surface area contributed by atoms with E-state index in [1.54, 1.807) is 6.92 Å². The lowest BCUT2D eigenvalue weighted by Gasteiger charge is -2.39. The lowest BCUT2D eigenvalue weighted by molar-refractivity contribution is -0.0241. The van der Waals surface area contributed by atoms with Gasteiger partial charge in [0.05, 0.1) is 11.6 Å².